The summed E-state index contributed by atoms with van der Waals surface area (Å²) in [5.41, 5.74) is 0.980. The van der Waals surface area contributed by atoms with E-state index >= 15 is 0 Å². The van der Waals surface area contributed by atoms with Gasteiger partial charge in [0.25, 0.3) is 0 Å². The van der Waals surface area contributed by atoms with Gasteiger partial charge in [-0.3, -0.25) is 0 Å². The van der Waals surface area contributed by atoms with E-state index in [-0.39, 0.29) is 0 Å². The Hall–Kier alpha value is -0.130. The Morgan fingerprint density at radius 2 is 2.23 bits per heavy atom. The molecule has 2 heterocycles. The van der Waals surface area contributed by atoms with E-state index < -0.39 is 0 Å². The zero-order chi connectivity index (χ0) is 9.42. The highest BCUT2D eigenvalue weighted by Gasteiger charge is 2.09. The maximum Gasteiger partial charge on any atom is 0.113 e. The van der Waals surface area contributed by atoms with Gasteiger partial charge in [0.2, 0.25) is 0 Å². The fourth-order valence-corrected chi connectivity index (χ4v) is 3.21. The first-order chi connectivity index (χ1) is 6.16. The lowest BCUT2D eigenvalue weighted by atomic mass is 10.4. The molecule has 1 N–H and O–H groups in total. The number of hydrogen-bond acceptors (Lipinski definition) is 2. The van der Waals surface area contributed by atoms with Crippen LogP contribution in [-0.4, -0.2) is 9.97 Å². The van der Waals surface area contributed by atoms with Gasteiger partial charge >= 0.3 is 0 Å². The minimum atomic E-state index is 0.923. The van der Waals surface area contributed by atoms with Gasteiger partial charge in [-0.15, -0.1) is 11.3 Å². The molecule has 13 heavy (non-hydrogen) atoms. The lowest BCUT2D eigenvalue weighted by molar-refractivity contribution is 1.14. The van der Waals surface area contributed by atoms with Crippen molar-refractivity contribution in [2.24, 2.45) is 0 Å². The van der Waals surface area contributed by atoms with E-state index in [9.17, 15) is 0 Å². The van der Waals surface area contributed by atoms with Crippen molar-refractivity contribution in [3.05, 3.63) is 26.3 Å². The third kappa shape index (κ3) is 1.87. The second kappa shape index (κ2) is 3.55. The second-order valence-corrected chi connectivity index (χ2v) is 5.23. The Bertz CT molecular complexity index is 433. The van der Waals surface area contributed by atoms with Crippen LogP contribution in [0.25, 0.3) is 10.6 Å². The Balaban J connectivity index is 2.51. The van der Waals surface area contributed by atoms with Gasteiger partial charge in [0.15, 0.2) is 0 Å². The first-order valence-electron chi connectivity index (χ1n) is 3.63. The number of aryl methyl sites for hydroxylation is 1. The summed E-state index contributed by atoms with van der Waals surface area (Å²) in [6, 6.07) is 2.06. The van der Waals surface area contributed by atoms with Crippen molar-refractivity contribution in [1.82, 2.24) is 9.97 Å². The van der Waals surface area contributed by atoms with Gasteiger partial charge in [-0.2, -0.15) is 0 Å². The van der Waals surface area contributed by atoms with Gasteiger partial charge in [0.1, 0.15) is 16.1 Å². The molecule has 0 radical (unpaired) electrons. The van der Waals surface area contributed by atoms with E-state index in [1.807, 2.05) is 12.3 Å². The van der Waals surface area contributed by atoms with Crippen LogP contribution in [0.3, 0.4) is 0 Å². The molecule has 0 fully saturated rings. The third-order valence-electron chi connectivity index (χ3n) is 1.58. The third-order valence-corrected chi connectivity index (χ3v) is 3.85. The number of halogens is 2. The number of nitrogens with one attached hydrogen (secondary N) is 1. The van der Waals surface area contributed by atoms with Crippen molar-refractivity contribution >= 4 is 43.2 Å². The molecule has 0 saturated carbocycles. The molecule has 0 aliphatic carbocycles. The first kappa shape index (κ1) is 9.43. The molecule has 68 valence electrons. The van der Waals surface area contributed by atoms with Gasteiger partial charge in [0, 0.05) is 9.85 Å². The number of thiophene rings is 1. The zero-order valence-electron chi connectivity index (χ0n) is 6.77. The maximum atomic E-state index is 4.38. The Kier molecular flexibility index (Phi) is 2.58. The summed E-state index contributed by atoms with van der Waals surface area (Å²) in [5, 5.41) is 2.05. The molecule has 0 saturated heterocycles. The number of nitrogens with zero attached hydrogens (tertiary/aromatic N) is 1. The van der Waals surface area contributed by atoms with Crippen molar-refractivity contribution in [3.8, 4) is 10.6 Å². The van der Waals surface area contributed by atoms with Crippen LogP contribution >= 0.6 is 43.2 Å². The summed E-state index contributed by atoms with van der Waals surface area (Å²) in [6.07, 6.45) is 0. The molecule has 0 aromatic carbocycles. The minimum Gasteiger partial charge on any atom is -0.336 e. The van der Waals surface area contributed by atoms with E-state index in [1.165, 1.54) is 0 Å². The van der Waals surface area contributed by atoms with E-state index in [0.717, 1.165) is 25.5 Å². The van der Waals surface area contributed by atoms with Gasteiger partial charge < -0.3 is 4.98 Å². The number of imidazole rings is 1. The fourth-order valence-electron chi connectivity index (χ4n) is 1.06. The highest BCUT2D eigenvalue weighted by atomic mass is 79.9. The molecule has 0 bridgehead atoms. The largest absolute Gasteiger partial charge is 0.336 e. The van der Waals surface area contributed by atoms with Crippen molar-refractivity contribution in [3.63, 3.8) is 0 Å². The lowest BCUT2D eigenvalue weighted by Gasteiger charge is -1.88. The predicted octanol–water partition coefficient (Wildman–Crippen LogP) is 3.97. The average molecular weight is 322 g/mol. The summed E-state index contributed by atoms with van der Waals surface area (Å²) in [5.74, 6) is 0.923. The fraction of sp³-hybridized carbons (Fsp3) is 0.125. The minimum absolute atomic E-state index is 0.923. The number of hydrogen-bond donors (Lipinski definition) is 1. The number of H-pyrrole nitrogens is 1. The summed E-state index contributed by atoms with van der Waals surface area (Å²) in [6.45, 7) is 1.94. The number of rotatable bonds is 1. The Morgan fingerprint density at radius 3 is 2.69 bits per heavy atom. The molecule has 2 nitrogen and oxygen atoms in total. The maximum absolute atomic E-state index is 4.38. The number of aromatic amines is 1. The molecular weight excluding hydrogens is 316 g/mol. The van der Waals surface area contributed by atoms with Gasteiger partial charge in [-0.25, -0.2) is 4.98 Å². The van der Waals surface area contributed by atoms with Crippen molar-refractivity contribution in [1.29, 1.82) is 0 Å². The van der Waals surface area contributed by atoms with E-state index in [1.54, 1.807) is 11.3 Å². The molecule has 0 amide bonds. The highest BCUT2D eigenvalue weighted by molar-refractivity contribution is 9.10. The van der Waals surface area contributed by atoms with Crippen LogP contribution in [0.15, 0.2) is 20.5 Å². The van der Waals surface area contributed by atoms with Crippen LogP contribution < -0.4 is 0 Å². The summed E-state index contributed by atoms with van der Waals surface area (Å²) in [7, 11) is 0. The van der Waals surface area contributed by atoms with Crippen molar-refractivity contribution < 1.29 is 0 Å². The predicted molar refractivity (Wildman–Crippen MR) is 62.0 cm³/mol. The van der Waals surface area contributed by atoms with Crippen LogP contribution in [0.5, 0.6) is 0 Å². The molecule has 0 atom stereocenters. The van der Waals surface area contributed by atoms with E-state index in [4.69, 9.17) is 0 Å². The van der Waals surface area contributed by atoms with Gasteiger partial charge in [0.05, 0.1) is 4.88 Å². The molecule has 2 rings (SSSR count). The molecule has 0 unspecified atom stereocenters. The molecular formula is C8H6Br2N2S. The lowest BCUT2D eigenvalue weighted by Crippen LogP contribution is -1.72. The zero-order valence-corrected chi connectivity index (χ0v) is 10.8. The second-order valence-electron chi connectivity index (χ2n) is 2.61. The SMILES string of the molecule is Cc1nc(-c2cc(Br)cs2)c(Br)[nH]1. The van der Waals surface area contributed by atoms with Crippen LogP contribution in [0, 0.1) is 6.92 Å². The van der Waals surface area contributed by atoms with Crippen LogP contribution in [0.1, 0.15) is 5.82 Å². The van der Waals surface area contributed by atoms with E-state index in [2.05, 4.69) is 47.9 Å². The average Bonchev–Trinajstić information content (AvgIpc) is 2.58. The van der Waals surface area contributed by atoms with Crippen molar-refractivity contribution in [2.45, 2.75) is 6.92 Å². The molecule has 0 spiro atoms. The topological polar surface area (TPSA) is 28.7 Å². The van der Waals surface area contributed by atoms with Crippen molar-refractivity contribution in [2.75, 3.05) is 0 Å². The Labute approximate surface area is 96.7 Å². The summed E-state index contributed by atoms with van der Waals surface area (Å²) in [4.78, 5) is 8.65. The molecule has 5 heteroatoms. The molecule has 2 aromatic rings. The molecule has 0 aliphatic heterocycles. The van der Waals surface area contributed by atoms with Gasteiger partial charge in [-0.05, 0) is 44.8 Å². The van der Waals surface area contributed by atoms with Gasteiger partial charge in [-0.1, -0.05) is 0 Å². The van der Waals surface area contributed by atoms with Crippen LogP contribution in [0.4, 0.5) is 0 Å². The standard InChI is InChI=1S/C8H6Br2N2S/c1-4-11-7(8(10)12-4)6-2-5(9)3-13-6/h2-3H,1H3,(H,11,12). The van der Waals surface area contributed by atoms with E-state index in [0.29, 0.717) is 0 Å². The number of aromatic nitrogens is 2. The van der Waals surface area contributed by atoms with Crippen LogP contribution in [-0.2, 0) is 0 Å². The monoisotopic (exact) mass is 320 g/mol. The first-order valence-corrected chi connectivity index (χ1v) is 6.10. The Morgan fingerprint density at radius 1 is 1.46 bits per heavy atom. The molecule has 0 aliphatic rings. The highest BCUT2D eigenvalue weighted by Crippen LogP contribution is 2.32. The summed E-state index contributed by atoms with van der Waals surface area (Å²) < 4.78 is 2.04. The summed E-state index contributed by atoms with van der Waals surface area (Å²) >= 11 is 8.53. The molecule has 2 aromatic heterocycles. The normalized spacial score (nSPS) is 10.7. The quantitative estimate of drug-likeness (QED) is 0.845. The van der Waals surface area contributed by atoms with Crippen LogP contribution in [0.2, 0.25) is 0 Å². The smallest absolute Gasteiger partial charge is 0.113 e.